The lowest BCUT2D eigenvalue weighted by atomic mass is 9.69. The first-order valence-electron chi connectivity index (χ1n) is 12.3. The Balaban J connectivity index is 1.21. The number of anilines is 2. The van der Waals surface area contributed by atoms with Gasteiger partial charge in [-0.1, -0.05) is 38.1 Å². The van der Waals surface area contributed by atoms with Crippen LogP contribution in [0.1, 0.15) is 57.2 Å². The molecule has 176 valence electrons. The molecule has 3 aliphatic rings. The smallest absolute Gasteiger partial charge is 0.415 e. The molecule has 2 unspecified atom stereocenters. The number of rotatable bonds is 7. The number of piperidine rings is 1. The van der Waals surface area contributed by atoms with Crippen molar-refractivity contribution in [2.45, 2.75) is 58.7 Å². The lowest BCUT2D eigenvalue weighted by Gasteiger charge is -2.45. The molecule has 1 N–H and O–H groups in total. The Morgan fingerprint density at radius 2 is 1.88 bits per heavy atom. The van der Waals surface area contributed by atoms with E-state index in [0.717, 1.165) is 18.4 Å². The molecule has 1 aromatic heterocycles. The zero-order chi connectivity index (χ0) is 22.9. The monoisotopic (exact) mass is 449 g/mol. The van der Waals surface area contributed by atoms with Crippen molar-refractivity contribution in [1.29, 1.82) is 0 Å². The number of aromatic nitrogens is 2. The van der Waals surface area contributed by atoms with E-state index in [4.69, 9.17) is 4.74 Å². The van der Waals surface area contributed by atoms with Crippen molar-refractivity contribution in [2.24, 2.45) is 17.8 Å². The van der Waals surface area contributed by atoms with Gasteiger partial charge in [-0.2, -0.15) is 4.98 Å². The van der Waals surface area contributed by atoms with E-state index in [1.807, 2.05) is 0 Å². The Labute approximate surface area is 196 Å². The zero-order valence-corrected chi connectivity index (χ0v) is 19.9. The van der Waals surface area contributed by atoms with Gasteiger partial charge in [0.05, 0.1) is 12.1 Å². The van der Waals surface area contributed by atoms with Crippen LogP contribution >= 0.6 is 0 Å². The van der Waals surface area contributed by atoms with Crippen molar-refractivity contribution < 1.29 is 9.53 Å². The maximum atomic E-state index is 12.3. The summed E-state index contributed by atoms with van der Waals surface area (Å²) >= 11 is 0. The van der Waals surface area contributed by atoms with Gasteiger partial charge < -0.3 is 10.1 Å². The highest BCUT2D eigenvalue weighted by Crippen LogP contribution is 2.40. The van der Waals surface area contributed by atoms with Gasteiger partial charge in [0.25, 0.3) is 0 Å². The van der Waals surface area contributed by atoms with Crippen LogP contribution < -0.4 is 10.2 Å². The van der Waals surface area contributed by atoms with E-state index in [-0.39, 0.29) is 24.1 Å². The highest BCUT2D eigenvalue weighted by molar-refractivity contribution is 5.89. The summed E-state index contributed by atoms with van der Waals surface area (Å²) in [5, 5.41) is 3.39. The molecule has 3 heterocycles. The summed E-state index contributed by atoms with van der Waals surface area (Å²) in [6.45, 7) is 10.2. The maximum Gasteiger partial charge on any atom is 0.415 e. The zero-order valence-electron chi connectivity index (χ0n) is 19.9. The molecular formula is C26H35N5O2. The highest BCUT2D eigenvalue weighted by Gasteiger charge is 2.37. The second-order valence-electron chi connectivity index (χ2n) is 10.2. The number of cyclic esters (lactones) is 1. The largest absolute Gasteiger partial charge is 0.447 e. The third-order valence-electron chi connectivity index (χ3n) is 7.68. The van der Waals surface area contributed by atoms with Crippen molar-refractivity contribution in [3.05, 3.63) is 47.7 Å². The number of hydrogen-bond donors (Lipinski definition) is 1. The molecule has 0 radical (unpaired) electrons. The molecule has 1 saturated carbocycles. The van der Waals surface area contributed by atoms with E-state index in [1.54, 1.807) is 17.2 Å². The lowest BCUT2D eigenvalue weighted by Crippen LogP contribution is -2.44. The van der Waals surface area contributed by atoms with Crippen molar-refractivity contribution in [2.75, 3.05) is 29.9 Å². The average Bonchev–Trinajstić information content (AvgIpc) is 3.18. The number of fused-ring (bicyclic) bond motifs is 1. The fraction of sp³-hybridized carbons (Fsp3) is 0.577. The predicted octanol–water partition coefficient (Wildman–Crippen LogP) is 4.86. The molecule has 2 aliphatic heterocycles. The van der Waals surface area contributed by atoms with E-state index in [1.165, 1.54) is 43.5 Å². The van der Waals surface area contributed by atoms with Gasteiger partial charge in [-0.3, -0.25) is 9.80 Å². The summed E-state index contributed by atoms with van der Waals surface area (Å²) in [5.74, 6) is 3.31. The highest BCUT2D eigenvalue weighted by atomic mass is 16.6. The van der Waals surface area contributed by atoms with Gasteiger partial charge in [0.1, 0.15) is 12.4 Å². The number of likely N-dealkylation sites (tertiary alicyclic amines) is 1. The van der Waals surface area contributed by atoms with E-state index < -0.39 is 0 Å². The van der Waals surface area contributed by atoms with Crippen LogP contribution in [0.4, 0.5) is 16.6 Å². The molecule has 7 heteroatoms. The topological polar surface area (TPSA) is 70.6 Å². The van der Waals surface area contributed by atoms with Crippen molar-refractivity contribution in [1.82, 2.24) is 14.9 Å². The van der Waals surface area contributed by atoms with Gasteiger partial charge in [-0.25, -0.2) is 9.78 Å². The fourth-order valence-electron chi connectivity index (χ4n) is 5.36. The first-order chi connectivity index (χ1) is 16.0. The molecule has 3 fully saturated rings. The lowest BCUT2D eigenvalue weighted by molar-refractivity contribution is 0.0425. The summed E-state index contributed by atoms with van der Waals surface area (Å²) in [6, 6.07) is 10.7. The fourth-order valence-corrected chi connectivity index (χ4v) is 5.36. The second-order valence-corrected chi connectivity index (χ2v) is 10.2. The van der Waals surface area contributed by atoms with Crippen molar-refractivity contribution in [3.63, 3.8) is 0 Å². The number of benzene rings is 1. The van der Waals surface area contributed by atoms with Gasteiger partial charge >= 0.3 is 6.09 Å². The first-order valence-corrected chi connectivity index (χ1v) is 12.3. The second kappa shape index (κ2) is 9.29. The molecule has 1 aromatic carbocycles. The Bertz CT molecular complexity index is 979. The molecule has 1 amide bonds. The first kappa shape index (κ1) is 22.1. The molecule has 2 saturated heterocycles. The number of nitrogens with one attached hydrogen (secondary N) is 1. The molecular weight excluding hydrogens is 414 g/mol. The van der Waals surface area contributed by atoms with E-state index in [2.05, 4.69) is 65.2 Å². The predicted molar refractivity (Wildman–Crippen MR) is 129 cm³/mol. The molecule has 1 aliphatic carbocycles. The Kier molecular flexibility index (Phi) is 6.23. The maximum absolute atomic E-state index is 12.3. The summed E-state index contributed by atoms with van der Waals surface area (Å²) in [6.07, 6.45) is 5.59. The number of ether oxygens (including phenoxy) is 1. The van der Waals surface area contributed by atoms with Gasteiger partial charge in [-0.05, 0) is 67.7 Å². The van der Waals surface area contributed by atoms with E-state index in [9.17, 15) is 4.79 Å². The Hall–Kier alpha value is -2.67. The average molecular weight is 450 g/mol. The number of nitrogens with zero attached hydrogens (tertiary/aromatic N) is 4. The third kappa shape index (κ3) is 4.69. The SMILES string of the molecule is CC(C)[C@H]1COC(=O)N1c1ccnc(N[C@@H](C)c2ccc(CN3CCC4CCC4C3)cc2)n1. The number of carbonyl (C=O) groups excluding carboxylic acids is 1. The molecule has 4 atom stereocenters. The quantitative estimate of drug-likeness (QED) is 0.651. The molecule has 7 nitrogen and oxygen atoms in total. The van der Waals surface area contributed by atoms with Gasteiger partial charge in [0.2, 0.25) is 5.95 Å². The van der Waals surface area contributed by atoms with E-state index in [0.29, 0.717) is 18.4 Å². The van der Waals surface area contributed by atoms with Crippen LogP contribution in [-0.2, 0) is 11.3 Å². The summed E-state index contributed by atoms with van der Waals surface area (Å²) in [7, 11) is 0. The number of amides is 1. The minimum absolute atomic E-state index is 0.0136. The van der Waals surface area contributed by atoms with Crippen LogP contribution in [-0.4, -0.2) is 46.7 Å². The summed E-state index contributed by atoms with van der Waals surface area (Å²) in [5.41, 5.74) is 2.56. The summed E-state index contributed by atoms with van der Waals surface area (Å²) < 4.78 is 5.27. The Morgan fingerprint density at radius 3 is 2.58 bits per heavy atom. The van der Waals surface area contributed by atoms with Crippen molar-refractivity contribution in [3.8, 4) is 0 Å². The minimum atomic E-state index is -0.344. The normalized spacial score (nSPS) is 26.0. The molecule has 2 aromatic rings. The van der Waals surface area contributed by atoms with Crippen LogP contribution in [0.15, 0.2) is 36.5 Å². The number of carbonyl (C=O) groups is 1. The van der Waals surface area contributed by atoms with Crippen LogP contribution in [0, 0.1) is 17.8 Å². The van der Waals surface area contributed by atoms with Crippen LogP contribution in [0.5, 0.6) is 0 Å². The van der Waals surface area contributed by atoms with Crippen LogP contribution in [0.3, 0.4) is 0 Å². The molecule has 0 spiro atoms. The molecule has 33 heavy (non-hydrogen) atoms. The minimum Gasteiger partial charge on any atom is -0.447 e. The molecule has 0 bridgehead atoms. The third-order valence-corrected chi connectivity index (χ3v) is 7.68. The number of hydrogen-bond acceptors (Lipinski definition) is 6. The van der Waals surface area contributed by atoms with Gasteiger partial charge in [0, 0.05) is 19.3 Å². The summed E-state index contributed by atoms with van der Waals surface area (Å²) in [4.78, 5) is 25.5. The van der Waals surface area contributed by atoms with E-state index >= 15 is 0 Å². The van der Waals surface area contributed by atoms with Gasteiger partial charge in [0.15, 0.2) is 0 Å². The Morgan fingerprint density at radius 1 is 1.09 bits per heavy atom. The van der Waals surface area contributed by atoms with Crippen molar-refractivity contribution >= 4 is 17.9 Å². The van der Waals surface area contributed by atoms with Gasteiger partial charge in [-0.15, -0.1) is 0 Å². The standard InChI is InChI=1S/C26H35N5O2/c1-17(2)23-16-33-26(32)31(23)24-10-12-27-25(29-24)28-18(3)20-6-4-19(5-7-20)14-30-13-11-21-8-9-22(21)15-30/h4-7,10,12,17-18,21-23H,8-9,11,13-16H2,1-3H3,(H,27,28,29)/t18-,21?,22?,23+/m0/s1. The molecule has 5 rings (SSSR count). The van der Waals surface area contributed by atoms with Crippen LogP contribution in [0.25, 0.3) is 0 Å². The van der Waals surface area contributed by atoms with Crippen LogP contribution in [0.2, 0.25) is 0 Å².